The zero-order valence-electron chi connectivity index (χ0n) is 6.34. The number of nitrogens with one attached hydrogen (secondary N) is 1. The molecule has 5 heteroatoms. The summed E-state index contributed by atoms with van der Waals surface area (Å²) in [4.78, 5) is 0. The van der Waals surface area contributed by atoms with Gasteiger partial charge in [0.25, 0.3) is 0 Å². The number of aliphatic hydroxyl groups is 3. The molecule has 0 saturated carbocycles. The lowest BCUT2D eigenvalue weighted by Gasteiger charge is -2.11. The summed E-state index contributed by atoms with van der Waals surface area (Å²) in [6, 6.07) is -0.630. The first-order chi connectivity index (χ1) is 4.66. The standard InChI is InChI=1S/C5H11NO3.ClH/c7-2-3-5(9)4(8)1-6-3;/h3-9H,1-2H2;1H/t3-,4+,5-;/m1./s1/i/hD. The summed E-state index contributed by atoms with van der Waals surface area (Å²) in [5, 5.41) is 27.6. The molecule has 0 spiro atoms. The van der Waals surface area contributed by atoms with Gasteiger partial charge in [-0.05, 0) is 0 Å². The van der Waals surface area contributed by atoms with Gasteiger partial charge in [0.15, 0.2) is 0 Å². The van der Waals surface area contributed by atoms with Crippen LogP contribution >= 0.6 is 12.4 Å². The van der Waals surface area contributed by atoms with Gasteiger partial charge >= 0.3 is 0 Å². The summed E-state index contributed by atoms with van der Waals surface area (Å²) in [5.74, 6) is 0. The predicted octanol–water partition coefficient (Wildman–Crippen LogP) is -1.91. The van der Waals surface area contributed by atoms with Crippen LogP contribution in [-0.4, -0.2) is 46.7 Å². The number of halogens is 1. The molecule has 0 radical (unpaired) electrons. The highest BCUT2D eigenvalue weighted by Crippen LogP contribution is 2.05. The van der Waals surface area contributed by atoms with Gasteiger partial charge in [-0.2, -0.15) is 0 Å². The Balaban J connectivity index is 0.000001000. The van der Waals surface area contributed by atoms with Gasteiger partial charge in [0.2, 0.25) is 0 Å². The van der Waals surface area contributed by atoms with Crippen LogP contribution in [0.25, 0.3) is 0 Å². The highest BCUT2D eigenvalue weighted by molar-refractivity contribution is 5.85. The molecule has 4 N–H and O–H groups in total. The molecule has 3 atom stereocenters. The Kier molecular flexibility index (Phi) is 3.37. The normalized spacial score (nSPS) is 42.7. The van der Waals surface area contributed by atoms with Crippen molar-refractivity contribution >= 4 is 12.4 Å². The van der Waals surface area contributed by atoms with Crippen LogP contribution in [0.3, 0.4) is 0 Å². The minimum absolute atomic E-state index is 0. The highest BCUT2D eigenvalue weighted by atomic mass is 35.5. The first-order valence-corrected chi connectivity index (χ1v) is 2.89. The van der Waals surface area contributed by atoms with Crippen LogP contribution in [0.5, 0.6) is 0 Å². The van der Waals surface area contributed by atoms with Gasteiger partial charge in [-0.15, -0.1) is 12.4 Å². The minimum Gasteiger partial charge on any atom is -0.395 e. The molecule has 0 aromatic rings. The first-order valence-electron chi connectivity index (χ1n) is 3.34. The predicted molar refractivity (Wildman–Crippen MR) is 38.1 cm³/mol. The number of rotatable bonds is 1. The molecule has 1 aliphatic rings. The van der Waals surface area contributed by atoms with E-state index >= 15 is 0 Å². The molecule has 4 nitrogen and oxygen atoms in total. The van der Waals surface area contributed by atoms with Gasteiger partial charge in [0.1, 0.15) is 1.41 Å². The largest absolute Gasteiger partial charge is 0.395 e. The van der Waals surface area contributed by atoms with E-state index < -0.39 is 18.2 Å². The van der Waals surface area contributed by atoms with Crippen LogP contribution < -0.4 is 5.31 Å². The molecule has 1 fully saturated rings. The average Bonchev–Trinajstić information content (AvgIpc) is 2.09. The van der Waals surface area contributed by atoms with E-state index in [0.717, 1.165) is 5.31 Å². The van der Waals surface area contributed by atoms with E-state index in [1.54, 1.807) is 0 Å². The molecule has 10 heavy (non-hydrogen) atoms. The van der Waals surface area contributed by atoms with E-state index in [2.05, 4.69) is 0 Å². The van der Waals surface area contributed by atoms with E-state index in [4.69, 9.17) is 16.7 Å². The van der Waals surface area contributed by atoms with Crippen LogP contribution in [0, 0.1) is 0 Å². The average molecular weight is 171 g/mol. The molecule has 0 bridgehead atoms. The molecule has 0 amide bonds. The van der Waals surface area contributed by atoms with Gasteiger partial charge in [-0.1, -0.05) is 0 Å². The van der Waals surface area contributed by atoms with Crippen molar-refractivity contribution in [2.45, 2.75) is 18.2 Å². The van der Waals surface area contributed by atoms with E-state index in [0.29, 0.717) is 0 Å². The van der Waals surface area contributed by atoms with E-state index in [-0.39, 0.29) is 25.6 Å². The third-order valence-corrected chi connectivity index (χ3v) is 1.50. The van der Waals surface area contributed by atoms with Crippen molar-refractivity contribution in [3.8, 4) is 0 Å². The molecule has 1 saturated heterocycles. The fourth-order valence-corrected chi connectivity index (χ4v) is 0.882. The van der Waals surface area contributed by atoms with Gasteiger partial charge in [0.05, 0.1) is 24.9 Å². The smallest absolute Gasteiger partial charge is 0.123 e. The number of β-amino-alcohol motifs (C(OH)–C–C–N with tert-alkyl or cyclic N) is 1. The molecule has 0 aromatic heterocycles. The van der Waals surface area contributed by atoms with E-state index in [1.165, 1.54) is 0 Å². The third-order valence-electron chi connectivity index (χ3n) is 1.50. The van der Waals surface area contributed by atoms with Gasteiger partial charge < -0.3 is 20.6 Å². The summed E-state index contributed by atoms with van der Waals surface area (Å²) >= 11 is 0. The van der Waals surface area contributed by atoms with E-state index in [9.17, 15) is 0 Å². The summed E-state index contributed by atoms with van der Waals surface area (Å²) in [7, 11) is 0. The zero-order chi connectivity index (χ0) is 7.72. The van der Waals surface area contributed by atoms with Crippen LogP contribution in [0.1, 0.15) is 0 Å². The number of hydrogen-bond donors (Lipinski definition) is 4. The van der Waals surface area contributed by atoms with Crippen LogP contribution in [0.15, 0.2) is 0 Å². The van der Waals surface area contributed by atoms with Crippen molar-refractivity contribution < 1.29 is 16.7 Å². The maximum absolute atomic E-state index is 9.06. The van der Waals surface area contributed by atoms with E-state index in [1.807, 2.05) is 0 Å². The van der Waals surface area contributed by atoms with Gasteiger partial charge in [0, 0.05) is 6.54 Å². The second kappa shape index (κ2) is 4.10. The van der Waals surface area contributed by atoms with Gasteiger partial charge in [-0.3, -0.25) is 0 Å². The molecule has 1 aliphatic heterocycles. The molecule has 1 rings (SSSR count). The molecule has 1 heterocycles. The Morgan fingerprint density at radius 3 is 2.40 bits per heavy atom. The first kappa shape index (κ1) is 8.23. The molecule has 62 valence electrons. The van der Waals surface area contributed by atoms with Crippen molar-refractivity contribution in [1.82, 2.24) is 5.31 Å². The Labute approximate surface area is 66.7 Å². The van der Waals surface area contributed by atoms with Crippen molar-refractivity contribution in [2.75, 3.05) is 13.2 Å². The van der Waals surface area contributed by atoms with Crippen molar-refractivity contribution in [3.63, 3.8) is 0 Å². The molecule has 0 aromatic carbocycles. The Morgan fingerprint density at radius 1 is 1.60 bits per heavy atom. The lowest BCUT2D eigenvalue weighted by atomic mass is 10.1. The van der Waals surface area contributed by atoms with Crippen molar-refractivity contribution in [1.29, 1.82) is 0 Å². The Hall–Kier alpha value is 0.130. The van der Waals surface area contributed by atoms with Crippen molar-refractivity contribution in [3.05, 3.63) is 0 Å². The molecule has 0 aliphatic carbocycles. The molecular formula is C5H12ClNO3. The lowest BCUT2D eigenvalue weighted by Crippen LogP contribution is -2.35. The fourth-order valence-electron chi connectivity index (χ4n) is 0.882. The maximum Gasteiger partial charge on any atom is 0.123 e. The second-order valence-electron chi connectivity index (χ2n) is 2.17. The maximum atomic E-state index is 9.06. The topological polar surface area (TPSA) is 72.7 Å². The van der Waals surface area contributed by atoms with Crippen LogP contribution in [-0.2, 0) is 0 Å². The quantitative estimate of drug-likeness (QED) is 0.371. The van der Waals surface area contributed by atoms with Gasteiger partial charge in [-0.25, -0.2) is 0 Å². The summed E-state index contributed by atoms with van der Waals surface area (Å²) in [6.07, 6.45) is -1.88. The summed E-state index contributed by atoms with van der Waals surface area (Å²) in [5.41, 5.74) is 0. The number of hydrogen-bond acceptors (Lipinski definition) is 4. The molecule has 0 unspecified atom stereocenters. The summed E-state index contributed by atoms with van der Waals surface area (Å²) < 4.78 is 7.10. The van der Waals surface area contributed by atoms with Crippen LogP contribution in [0.2, 0.25) is 1.41 Å². The molecular weight excluding hydrogens is 158 g/mol. The third kappa shape index (κ3) is 1.81. The monoisotopic (exact) mass is 170 g/mol. The van der Waals surface area contributed by atoms with Crippen LogP contribution in [0.4, 0.5) is 0 Å². The fraction of sp³-hybridized carbons (Fsp3) is 1.00. The highest BCUT2D eigenvalue weighted by Gasteiger charge is 2.31. The number of aliphatic hydroxyl groups excluding tert-OH is 3. The van der Waals surface area contributed by atoms with Crippen molar-refractivity contribution in [2.24, 2.45) is 0 Å². The second-order valence-corrected chi connectivity index (χ2v) is 2.17. The SMILES string of the molecule is Cl.[2H]N1C[C@H](O)[C@H](O)[C@H]1CO. The lowest BCUT2D eigenvalue weighted by molar-refractivity contribution is 0.0295. The Morgan fingerprint density at radius 2 is 2.20 bits per heavy atom. The minimum atomic E-state index is -0.984. The summed E-state index contributed by atoms with van der Waals surface area (Å²) in [6.45, 7) is -0.186. The zero-order valence-corrected chi connectivity index (χ0v) is 6.16. The Bertz CT molecular complexity index is 128.